The molecule has 1 aliphatic heterocycles. The highest BCUT2D eigenvalue weighted by molar-refractivity contribution is 7.89. The van der Waals surface area contributed by atoms with Crippen molar-refractivity contribution >= 4 is 10.0 Å². The molecule has 7 heteroatoms. The predicted molar refractivity (Wildman–Crippen MR) is 81.6 cm³/mol. The van der Waals surface area contributed by atoms with E-state index >= 15 is 0 Å². The molecule has 0 radical (unpaired) electrons. The Bertz CT molecular complexity index is 578. The van der Waals surface area contributed by atoms with E-state index in [0.29, 0.717) is 37.2 Å². The number of ether oxygens (including phenoxy) is 1. The van der Waals surface area contributed by atoms with Crippen LogP contribution in [0.1, 0.15) is 33.4 Å². The molecular weight excluding hydrogens is 290 g/mol. The van der Waals surface area contributed by atoms with Crippen molar-refractivity contribution in [3.8, 4) is 0 Å². The van der Waals surface area contributed by atoms with E-state index in [1.807, 2.05) is 13.8 Å². The van der Waals surface area contributed by atoms with Crippen LogP contribution in [0.2, 0.25) is 0 Å². The van der Waals surface area contributed by atoms with Crippen molar-refractivity contribution < 1.29 is 13.2 Å². The molecule has 1 aromatic heterocycles. The van der Waals surface area contributed by atoms with Gasteiger partial charge in [0.1, 0.15) is 0 Å². The Morgan fingerprint density at radius 2 is 2.19 bits per heavy atom. The summed E-state index contributed by atoms with van der Waals surface area (Å²) in [6.07, 6.45) is 1.56. The van der Waals surface area contributed by atoms with Gasteiger partial charge in [-0.1, -0.05) is 13.8 Å². The van der Waals surface area contributed by atoms with Crippen molar-refractivity contribution in [2.45, 2.75) is 50.8 Å². The maximum Gasteiger partial charge on any atom is 0.244 e. The summed E-state index contributed by atoms with van der Waals surface area (Å²) in [5.41, 5.74) is 0.429. The number of hydrogen-bond acceptors (Lipinski definition) is 4. The lowest BCUT2D eigenvalue weighted by atomic mass is 10.1. The van der Waals surface area contributed by atoms with Crippen LogP contribution < -0.4 is 5.32 Å². The zero-order valence-corrected chi connectivity index (χ0v) is 14.0. The third-order valence-corrected chi connectivity index (χ3v) is 5.27. The molecule has 2 heterocycles. The molecule has 0 aromatic carbocycles. The van der Waals surface area contributed by atoms with Crippen molar-refractivity contribution in [2.75, 3.05) is 19.7 Å². The summed E-state index contributed by atoms with van der Waals surface area (Å²) in [7, 11) is -3.46. The van der Waals surface area contributed by atoms with Gasteiger partial charge in [-0.25, -0.2) is 8.42 Å². The van der Waals surface area contributed by atoms with E-state index in [1.54, 1.807) is 12.3 Å². The van der Waals surface area contributed by atoms with Crippen LogP contribution >= 0.6 is 0 Å². The molecule has 0 saturated carbocycles. The predicted octanol–water partition coefficient (Wildman–Crippen LogP) is 1.31. The van der Waals surface area contributed by atoms with Crippen molar-refractivity contribution in [1.82, 2.24) is 14.6 Å². The molecule has 6 nitrogen and oxygen atoms in total. The van der Waals surface area contributed by atoms with Gasteiger partial charge in [-0.2, -0.15) is 4.31 Å². The summed E-state index contributed by atoms with van der Waals surface area (Å²) in [5.74, 6) is 0. The maximum absolute atomic E-state index is 12.7. The van der Waals surface area contributed by atoms with Crippen LogP contribution in [0, 0.1) is 0 Å². The molecule has 2 N–H and O–H groups in total. The van der Waals surface area contributed by atoms with E-state index in [2.05, 4.69) is 24.1 Å². The molecule has 0 spiro atoms. The van der Waals surface area contributed by atoms with Crippen LogP contribution in [0.4, 0.5) is 0 Å². The largest absolute Gasteiger partial charge is 0.373 e. The molecule has 0 amide bonds. The molecule has 0 atom stereocenters. The first-order chi connectivity index (χ1) is 9.71. The Morgan fingerprint density at radius 1 is 1.48 bits per heavy atom. The number of H-pyrrole nitrogens is 1. The first-order valence-electron chi connectivity index (χ1n) is 7.25. The minimum Gasteiger partial charge on any atom is -0.373 e. The minimum absolute atomic E-state index is 0.320. The Hall–Kier alpha value is -0.890. The quantitative estimate of drug-likeness (QED) is 0.859. The van der Waals surface area contributed by atoms with Gasteiger partial charge in [0.2, 0.25) is 10.0 Å². The van der Waals surface area contributed by atoms with Crippen molar-refractivity contribution in [3.05, 3.63) is 18.0 Å². The number of aromatic nitrogens is 1. The number of hydrogen-bond donors (Lipinski definition) is 2. The van der Waals surface area contributed by atoms with Crippen LogP contribution in [0.5, 0.6) is 0 Å². The molecule has 0 bridgehead atoms. The highest BCUT2D eigenvalue weighted by atomic mass is 32.2. The zero-order chi connectivity index (χ0) is 15.7. The zero-order valence-electron chi connectivity index (χ0n) is 13.1. The van der Waals surface area contributed by atoms with E-state index in [0.717, 1.165) is 5.69 Å². The molecule has 0 aliphatic carbocycles. The fourth-order valence-corrected chi connectivity index (χ4v) is 3.90. The van der Waals surface area contributed by atoms with Gasteiger partial charge in [-0.3, -0.25) is 0 Å². The monoisotopic (exact) mass is 315 g/mol. The average molecular weight is 315 g/mol. The number of nitrogens with one attached hydrogen (secondary N) is 2. The lowest BCUT2D eigenvalue weighted by molar-refractivity contribution is -0.0640. The third kappa shape index (κ3) is 4.06. The fourth-order valence-electron chi connectivity index (χ4n) is 2.31. The van der Waals surface area contributed by atoms with Gasteiger partial charge >= 0.3 is 0 Å². The standard InChI is InChI=1S/C14H25N3O3S/c1-11(2)15-8-12-7-13(9-16-12)21(18,19)17-5-6-20-14(3,4)10-17/h7,9,11,15-16H,5-6,8,10H2,1-4H3. The highest BCUT2D eigenvalue weighted by Gasteiger charge is 2.35. The van der Waals surface area contributed by atoms with Gasteiger partial charge in [0.15, 0.2) is 0 Å². The van der Waals surface area contributed by atoms with Gasteiger partial charge in [-0.15, -0.1) is 0 Å². The van der Waals surface area contributed by atoms with Gasteiger partial charge in [0.25, 0.3) is 0 Å². The molecule has 0 unspecified atom stereocenters. The maximum atomic E-state index is 12.7. The number of sulfonamides is 1. The van der Waals surface area contributed by atoms with E-state index < -0.39 is 15.6 Å². The number of aromatic amines is 1. The lowest BCUT2D eigenvalue weighted by Crippen LogP contribution is -2.50. The summed E-state index contributed by atoms with van der Waals surface area (Å²) in [4.78, 5) is 3.35. The topological polar surface area (TPSA) is 74.4 Å². The number of morpholine rings is 1. The first-order valence-corrected chi connectivity index (χ1v) is 8.69. The molecule has 1 aliphatic rings. The number of rotatable bonds is 5. The Balaban J connectivity index is 2.12. The second-order valence-electron chi connectivity index (χ2n) is 6.34. The molecule has 1 fully saturated rings. The van der Waals surface area contributed by atoms with Gasteiger partial charge in [-0.05, 0) is 19.9 Å². The van der Waals surface area contributed by atoms with E-state index in [1.165, 1.54) is 4.31 Å². The van der Waals surface area contributed by atoms with E-state index in [9.17, 15) is 8.42 Å². The molecular formula is C14H25N3O3S. The Morgan fingerprint density at radius 3 is 2.81 bits per heavy atom. The number of nitrogens with zero attached hydrogens (tertiary/aromatic N) is 1. The van der Waals surface area contributed by atoms with Gasteiger partial charge < -0.3 is 15.0 Å². The second kappa shape index (κ2) is 6.08. The summed E-state index contributed by atoms with van der Waals surface area (Å²) in [6, 6.07) is 2.06. The van der Waals surface area contributed by atoms with Crippen LogP contribution in [0.15, 0.2) is 17.2 Å². The molecule has 120 valence electrons. The fraction of sp³-hybridized carbons (Fsp3) is 0.714. The highest BCUT2D eigenvalue weighted by Crippen LogP contribution is 2.23. The van der Waals surface area contributed by atoms with Gasteiger partial charge in [0.05, 0.1) is 17.1 Å². The van der Waals surface area contributed by atoms with Crippen molar-refractivity contribution in [1.29, 1.82) is 0 Å². The Kier molecular flexibility index (Phi) is 4.77. The summed E-state index contributed by atoms with van der Waals surface area (Å²) < 4.78 is 32.4. The molecule has 21 heavy (non-hydrogen) atoms. The summed E-state index contributed by atoms with van der Waals surface area (Å²) >= 11 is 0. The van der Waals surface area contributed by atoms with Crippen LogP contribution in [0.25, 0.3) is 0 Å². The Labute approximate surface area is 126 Å². The first kappa shape index (κ1) is 16.5. The molecule has 2 rings (SSSR count). The third-order valence-electron chi connectivity index (χ3n) is 3.45. The summed E-state index contributed by atoms with van der Waals surface area (Å²) in [5, 5.41) is 3.26. The van der Waals surface area contributed by atoms with Crippen LogP contribution in [-0.4, -0.2) is 49.0 Å². The minimum atomic E-state index is -3.46. The second-order valence-corrected chi connectivity index (χ2v) is 8.28. The van der Waals surface area contributed by atoms with Crippen LogP contribution in [0.3, 0.4) is 0 Å². The van der Waals surface area contributed by atoms with Crippen LogP contribution in [-0.2, 0) is 21.3 Å². The molecule has 1 saturated heterocycles. The molecule has 1 aromatic rings. The lowest BCUT2D eigenvalue weighted by Gasteiger charge is -2.37. The SMILES string of the molecule is CC(C)NCc1cc(S(=O)(=O)N2CCOC(C)(C)C2)c[nH]1. The van der Waals surface area contributed by atoms with Crippen molar-refractivity contribution in [3.63, 3.8) is 0 Å². The smallest absolute Gasteiger partial charge is 0.244 e. The van der Waals surface area contributed by atoms with E-state index in [-0.39, 0.29) is 0 Å². The normalized spacial score (nSPS) is 20.0. The summed E-state index contributed by atoms with van der Waals surface area (Å²) in [6.45, 7) is 9.75. The average Bonchev–Trinajstić information content (AvgIpc) is 2.84. The van der Waals surface area contributed by atoms with Crippen molar-refractivity contribution in [2.24, 2.45) is 0 Å². The van der Waals surface area contributed by atoms with Gasteiger partial charge in [0, 0.05) is 37.6 Å². The van der Waals surface area contributed by atoms with E-state index in [4.69, 9.17) is 4.74 Å².